The summed E-state index contributed by atoms with van der Waals surface area (Å²) in [6.07, 6.45) is -0.717. The lowest BCUT2D eigenvalue weighted by Crippen LogP contribution is -2.27. The zero-order chi connectivity index (χ0) is 15.7. The molecule has 0 saturated carbocycles. The molecule has 1 amide bonds. The minimum Gasteiger partial charge on any atom is -0.444 e. The normalized spacial score (nSPS) is 11.1. The summed E-state index contributed by atoms with van der Waals surface area (Å²) in [6, 6.07) is 1.72. The van der Waals surface area contributed by atoms with Crippen LogP contribution in [0.2, 0.25) is 0 Å². The molecule has 1 N–H and O–H groups in total. The van der Waals surface area contributed by atoms with E-state index >= 15 is 0 Å². The predicted octanol–water partition coefficient (Wildman–Crippen LogP) is 4.32. The Morgan fingerprint density at radius 3 is 2.40 bits per heavy atom. The Morgan fingerprint density at radius 2 is 1.95 bits per heavy atom. The zero-order valence-electron chi connectivity index (χ0n) is 12.0. The highest BCUT2D eigenvalue weighted by Crippen LogP contribution is 2.36. The van der Waals surface area contributed by atoms with Gasteiger partial charge >= 0.3 is 6.09 Å². The van der Waals surface area contributed by atoms with Gasteiger partial charge in [-0.25, -0.2) is 4.79 Å². The van der Waals surface area contributed by atoms with Crippen LogP contribution in [-0.2, 0) is 4.74 Å². The summed E-state index contributed by atoms with van der Waals surface area (Å²) in [5.74, 6) is 0. The molecule has 1 aromatic rings. The fraction of sp³-hybridized carbons (Fsp3) is 0.462. The molecule has 0 aliphatic carbocycles. The summed E-state index contributed by atoms with van der Waals surface area (Å²) in [4.78, 5) is 22.5. The van der Waals surface area contributed by atoms with Gasteiger partial charge in [0.15, 0.2) is 0 Å². The van der Waals surface area contributed by atoms with Gasteiger partial charge in [-0.3, -0.25) is 15.4 Å². The average Bonchev–Trinajstić information content (AvgIpc) is 2.22. The monoisotopic (exact) mass is 344 g/mol. The molecule has 0 bridgehead atoms. The van der Waals surface area contributed by atoms with Gasteiger partial charge in [-0.1, -0.05) is 15.9 Å². The quantitative estimate of drug-likeness (QED) is 0.639. The number of nitro groups is 1. The third-order valence-electron chi connectivity index (χ3n) is 2.50. The Labute approximate surface area is 125 Å². The third-order valence-corrected chi connectivity index (χ3v) is 3.32. The lowest BCUT2D eigenvalue weighted by atomic mass is 10.1. The van der Waals surface area contributed by atoms with Crippen molar-refractivity contribution < 1.29 is 14.5 Å². The predicted molar refractivity (Wildman–Crippen MR) is 80.1 cm³/mol. The minimum atomic E-state index is -0.717. The summed E-state index contributed by atoms with van der Waals surface area (Å²) in [6.45, 7) is 8.47. The second-order valence-corrected chi connectivity index (χ2v) is 6.26. The molecule has 6 nitrogen and oxygen atoms in total. The Balaban J connectivity index is 3.21. The van der Waals surface area contributed by atoms with E-state index < -0.39 is 16.6 Å². The van der Waals surface area contributed by atoms with Crippen molar-refractivity contribution in [2.75, 3.05) is 5.32 Å². The molecular formula is C13H17BrN2O4. The van der Waals surface area contributed by atoms with E-state index in [0.29, 0.717) is 15.6 Å². The Hall–Kier alpha value is -1.63. The van der Waals surface area contributed by atoms with E-state index in [9.17, 15) is 14.9 Å². The number of nitro benzene ring substituents is 1. The number of carbonyl (C=O) groups is 1. The van der Waals surface area contributed by atoms with Crippen molar-refractivity contribution in [2.45, 2.75) is 40.2 Å². The fourth-order valence-corrected chi connectivity index (χ4v) is 2.18. The number of anilines is 1. The van der Waals surface area contributed by atoms with E-state index in [0.717, 1.165) is 0 Å². The summed E-state index contributed by atoms with van der Waals surface area (Å²) < 4.78 is 5.74. The molecule has 0 saturated heterocycles. The number of nitrogens with zero attached hydrogens (tertiary/aromatic N) is 1. The number of hydrogen-bond acceptors (Lipinski definition) is 4. The van der Waals surface area contributed by atoms with Crippen molar-refractivity contribution in [3.63, 3.8) is 0 Å². The number of rotatable bonds is 2. The van der Waals surface area contributed by atoms with Gasteiger partial charge in [0.05, 0.1) is 4.92 Å². The van der Waals surface area contributed by atoms with Crippen LogP contribution in [0.3, 0.4) is 0 Å². The molecule has 0 fully saturated rings. The number of nitrogens with one attached hydrogen (secondary N) is 1. The van der Waals surface area contributed by atoms with Gasteiger partial charge in [0, 0.05) is 10.0 Å². The van der Waals surface area contributed by atoms with Crippen molar-refractivity contribution >= 4 is 33.4 Å². The van der Waals surface area contributed by atoms with Crippen molar-refractivity contribution in [3.8, 4) is 0 Å². The van der Waals surface area contributed by atoms with Crippen LogP contribution in [0.15, 0.2) is 10.5 Å². The van der Waals surface area contributed by atoms with Crippen molar-refractivity contribution in [3.05, 3.63) is 31.8 Å². The Kier molecular flexibility index (Phi) is 4.75. The van der Waals surface area contributed by atoms with Crippen LogP contribution in [0, 0.1) is 24.0 Å². The number of halogens is 1. The molecule has 0 aliphatic rings. The smallest absolute Gasteiger partial charge is 0.412 e. The molecule has 0 aliphatic heterocycles. The number of aryl methyl sites for hydroxylation is 1. The van der Waals surface area contributed by atoms with Crippen LogP contribution >= 0.6 is 15.9 Å². The van der Waals surface area contributed by atoms with Gasteiger partial charge in [0.2, 0.25) is 0 Å². The van der Waals surface area contributed by atoms with E-state index in [-0.39, 0.29) is 11.4 Å². The molecule has 1 aromatic carbocycles. The molecular weight excluding hydrogens is 328 g/mol. The molecule has 0 radical (unpaired) electrons. The highest BCUT2D eigenvalue weighted by Gasteiger charge is 2.25. The number of hydrogen-bond donors (Lipinski definition) is 1. The first-order valence-electron chi connectivity index (χ1n) is 5.97. The summed E-state index contributed by atoms with van der Waals surface area (Å²) in [5, 5.41) is 13.7. The lowest BCUT2D eigenvalue weighted by molar-refractivity contribution is -0.384. The van der Waals surface area contributed by atoms with E-state index in [1.165, 1.54) is 0 Å². The highest BCUT2D eigenvalue weighted by atomic mass is 79.9. The Morgan fingerprint density at radius 1 is 1.40 bits per heavy atom. The SMILES string of the molecule is Cc1cc(Br)c(C)c([N+](=O)[O-])c1NC(=O)OC(C)(C)C. The Bertz CT molecular complexity index is 564. The summed E-state index contributed by atoms with van der Waals surface area (Å²) in [5.41, 5.74) is 0.386. The van der Waals surface area contributed by atoms with E-state index in [1.807, 2.05) is 0 Å². The van der Waals surface area contributed by atoms with Gasteiger partial charge in [-0.15, -0.1) is 0 Å². The van der Waals surface area contributed by atoms with Gasteiger partial charge in [-0.05, 0) is 46.2 Å². The molecule has 0 unspecified atom stereocenters. The standard InChI is InChI=1S/C13H17BrN2O4/c1-7-6-9(14)8(2)11(16(18)19)10(7)15-12(17)20-13(3,4)5/h6H,1-5H3,(H,15,17). The van der Waals surface area contributed by atoms with Crippen LogP contribution in [0.1, 0.15) is 31.9 Å². The van der Waals surface area contributed by atoms with Gasteiger partial charge < -0.3 is 4.74 Å². The maximum absolute atomic E-state index is 11.8. The molecule has 1 rings (SSSR count). The maximum atomic E-state index is 11.8. The van der Waals surface area contributed by atoms with E-state index in [2.05, 4.69) is 21.2 Å². The number of amides is 1. The first-order chi connectivity index (χ1) is 9.03. The fourth-order valence-electron chi connectivity index (χ4n) is 1.65. The molecule has 0 atom stereocenters. The van der Waals surface area contributed by atoms with Crippen molar-refractivity contribution in [1.82, 2.24) is 0 Å². The number of ether oxygens (including phenoxy) is 1. The molecule has 7 heteroatoms. The molecule has 0 heterocycles. The van der Waals surface area contributed by atoms with Crippen molar-refractivity contribution in [2.24, 2.45) is 0 Å². The van der Waals surface area contributed by atoms with Crippen molar-refractivity contribution in [1.29, 1.82) is 0 Å². The average molecular weight is 345 g/mol. The molecule has 20 heavy (non-hydrogen) atoms. The number of benzene rings is 1. The van der Waals surface area contributed by atoms with Gasteiger partial charge in [-0.2, -0.15) is 0 Å². The van der Waals surface area contributed by atoms with Crippen LogP contribution in [0.4, 0.5) is 16.2 Å². The van der Waals surface area contributed by atoms with Gasteiger partial charge in [0.1, 0.15) is 11.3 Å². The third kappa shape index (κ3) is 3.93. The highest BCUT2D eigenvalue weighted by molar-refractivity contribution is 9.10. The molecule has 0 aromatic heterocycles. The zero-order valence-corrected chi connectivity index (χ0v) is 13.6. The van der Waals surface area contributed by atoms with Crippen LogP contribution < -0.4 is 5.32 Å². The minimum absolute atomic E-state index is 0.136. The van der Waals surface area contributed by atoms with Gasteiger partial charge in [0.25, 0.3) is 5.69 Å². The topological polar surface area (TPSA) is 81.5 Å². The molecule has 110 valence electrons. The van der Waals surface area contributed by atoms with E-state index in [4.69, 9.17) is 4.74 Å². The maximum Gasteiger partial charge on any atom is 0.412 e. The first-order valence-corrected chi connectivity index (χ1v) is 6.76. The summed E-state index contributed by atoms with van der Waals surface area (Å²) >= 11 is 3.27. The van der Waals surface area contributed by atoms with Crippen LogP contribution in [0.5, 0.6) is 0 Å². The second-order valence-electron chi connectivity index (χ2n) is 5.41. The largest absolute Gasteiger partial charge is 0.444 e. The lowest BCUT2D eigenvalue weighted by Gasteiger charge is -2.20. The molecule has 0 spiro atoms. The van der Waals surface area contributed by atoms with E-state index in [1.54, 1.807) is 40.7 Å². The first kappa shape index (κ1) is 16.4. The van der Waals surface area contributed by atoms with Crippen LogP contribution in [-0.4, -0.2) is 16.6 Å². The summed E-state index contributed by atoms with van der Waals surface area (Å²) in [7, 11) is 0. The van der Waals surface area contributed by atoms with Crippen LogP contribution in [0.25, 0.3) is 0 Å². The second kappa shape index (κ2) is 5.78. The number of carbonyl (C=O) groups excluding carboxylic acids is 1.